The van der Waals surface area contributed by atoms with E-state index in [1.54, 1.807) is 60.7 Å². The molecular formula is C51H68N2O6. The smallest absolute Gasteiger partial charge is 0.343 e. The molecule has 0 fully saturated rings. The lowest BCUT2D eigenvalue weighted by molar-refractivity contribution is 0.0733. The van der Waals surface area contributed by atoms with Crippen LogP contribution in [0.15, 0.2) is 101 Å². The lowest BCUT2D eigenvalue weighted by atomic mass is 10.1. The Morgan fingerprint density at radius 1 is 0.441 bits per heavy atom. The standard InChI is InChI=1S/C51H68N2O6/c1-4-6-8-10-12-14-16-18-20-22-38-56-45-32-26-42(27-33-45)50(54)58-47-36-37-48(53-52-44-30-24-41(3)25-31-44)49(40-47)59-51(55)43-28-34-46(35-29-43)57-39-23-21-19-17-15-13-11-9-7-5-2/h24-37,40H,4-23,38-39H2,1-3H3. The van der Waals surface area contributed by atoms with Crippen molar-refractivity contribution in [2.24, 2.45) is 10.2 Å². The molecule has 0 amide bonds. The number of esters is 2. The van der Waals surface area contributed by atoms with Crippen LogP contribution in [0.2, 0.25) is 0 Å². The van der Waals surface area contributed by atoms with Gasteiger partial charge in [0.2, 0.25) is 0 Å². The zero-order valence-corrected chi connectivity index (χ0v) is 36.1. The number of azo groups is 1. The van der Waals surface area contributed by atoms with E-state index in [9.17, 15) is 9.59 Å². The van der Waals surface area contributed by atoms with Crippen molar-refractivity contribution >= 4 is 23.3 Å². The quantitative estimate of drug-likeness (QED) is 0.0225. The molecule has 0 aliphatic carbocycles. The third-order valence-electron chi connectivity index (χ3n) is 10.4. The highest BCUT2D eigenvalue weighted by molar-refractivity contribution is 5.93. The largest absolute Gasteiger partial charge is 0.494 e. The number of unbranched alkanes of at least 4 members (excludes halogenated alkanes) is 18. The van der Waals surface area contributed by atoms with Crippen LogP contribution in [-0.4, -0.2) is 25.2 Å². The van der Waals surface area contributed by atoms with E-state index < -0.39 is 11.9 Å². The van der Waals surface area contributed by atoms with Gasteiger partial charge in [0, 0.05) is 6.07 Å². The molecule has 0 aliphatic heterocycles. The predicted molar refractivity (Wildman–Crippen MR) is 239 cm³/mol. The minimum absolute atomic E-state index is 0.105. The number of hydrogen-bond donors (Lipinski definition) is 0. The third kappa shape index (κ3) is 19.1. The average molecular weight is 805 g/mol. The monoisotopic (exact) mass is 805 g/mol. The van der Waals surface area contributed by atoms with E-state index >= 15 is 0 Å². The predicted octanol–water partition coefficient (Wildman–Crippen LogP) is 15.4. The highest BCUT2D eigenvalue weighted by Gasteiger charge is 2.16. The topological polar surface area (TPSA) is 95.8 Å². The van der Waals surface area contributed by atoms with E-state index in [4.69, 9.17) is 18.9 Å². The van der Waals surface area contributed by atoms with Gasteiger partial charge in [-0.05, 0) is 92.6 Å². The maximum absolute atomic E-state index is 13.4. The second-order valence-corrected chi connectivity index (χ2v) is 15.6. The van der Waals surface area contributed by atoms with Crippen LogP contribution < -0.4 is 18.9 Å². The van der Waals surface area contributed by atoms with Crippen molar-refractivity contribution in [1.29, 1.82) is 0 Å². The third-order valence-corrected chi connectivity index (χ3v) is 10.4. The molecule has 0 atom stereocenters. The number of ether oxygens (including phenoxy) is 4. The van der Waals surface area contributed by atoms with Gasteiger partial charge in [-0.2, -0.15) is 5.11 Å². The Labute approximate surface area is 354 Å². The fraction of sp³-hybridized carbons (Fsp3) is 0.490. The van der Waals surface area contributed by atoms with E-state index in [0.717, 1.165) is 31.2 Å². The summed E-state index contributed by atoms with van der Waals surface area (Å²) in [7, 11) is 0. The Balaban J connectivity index is 1.27. The SMILES string of the molecule is CCCCCCCCCCCCOc1ccc(C(=O)Oc2ccc(N=Nc3ccc(C)cc3)c(OC(=O)c3ccc(OCCCCCCCCCCCC)cc3)c2)cc1. The maximum atomic E-state index is 13.4. The average Bonchev–Trinajstić information content (AvgIpc) is 3.25. The Kier molecular flexibility index (Phi) is 22.5. The van der Waals surface area contributed by atoms with Gasteiger partial charge in [-0.15, -0.1) is 5.11 Å². The van der Waals surface area contributed by atoms with Crippen LogP contribution in [-0.2, 0) is 0 Å². The van der Waals surface area contributed by atoms with Gasteiger partial charge in [-0.25, -0.2) is 9.59 Å². The van der Waals surface area contributed by atoms with Crippen molar-refractivity contribution < 1.29 is 28.5 Å². The molecule has 8 heteroatoms. The molecule has 4 aromatic carbocycles. The van der Waals surface area contributed by atoms with Crippen LogP contribution in [0.4, 0.5) is 11.4 Å². The van der Waals surface area contributed by atoms with Gasteiger partial charge in [-0.3, -0.25) is 0 Å². The highest BCUT2D eigenvalue weighted by atomic mass is 16.5. The summed E-state index contributed by atoms with van der Waals surface area (Å²) in [4.78, 5) is 26.5. The second-order valence-electron chi connectivity index (χ2n) is 15.6. The van der Waals surface area contributed by atoms with Gasteiger partial charge in [0.15, 0.2) is 5.75 Å². The Hall–Kier alpha value is -4.98. The summed E-state index contributed by atoms with van der Waals surface area (Å²) in [5, 5.41) is 8.71. The molecule has 0 saturated heterocycles. The lowest BCUT2D eigenvalue weighted by Crippen LogP contribution is -2.10. The summed E-state index contributed by atoms with van der Waals surface area (Å²) in [5.74, 6) is 0.578. The first-order chi connectivity index (χ1) is 28.9. The van der Waals surface area contributed by atoms with Gasteiger partial charge < -0.3 is 18.9 Å². The van der Waals surface area contributed by atoms with Crippen molar-refractivity contribution in [3.05, 3.63) is 108 Å². The van der Waals surface area contributed by atoms with Crippen molar-refractivity contribution in [3.63, 3.8) is 0 Å². The zero-order chi connectivity index (χ0) is 41.8. The molecule has 318 valence electrons. The van der Waals surface area contributed by atoms with Crippen molar-refractivity contribution in [3.8, 4) is 23.0 Å². The van der Waals surface area contributed by atoms with E-state index in [1.807, 2.05) is 31.2 Å². The lowest BCUT2D eigenvalue weighted by Gasteiger charge is -2.11. The molecule has 0 spiro atoms. The van der Waals surface area contributed by atoms with Crippen LogP contribution in [0.3, 0.4) is 0 Å². The number of carbonyl (C=O) groups excluding carboxylic acids is 2. The first-order valence-corrected chi connectivity index (χ1v) is 22.5. The maximum Gasteiger partial charge on any atom is 0.343 e. The van der Waals surface area contributed by atoms with Gasteiger partial charge in [0.25, 0.3) is 0 Å². The summed E-state index contributed by atoms with van der Waals surface area (Å²) in [6.45, 7) is 7.79. The molecule has 0 radical (unpaired) electrons. The van der Waals surface area contributed by atoms with Crippen molar-refractivity contribution in [2.75, 3.05) is 13.2 Å². The Morgan fingerprint density at radius 3 is 1.31 bits per heavy atom. The summed E-state index contributed by atoms with van der Waals surface area (Å²) in [5.41, 5.74) is 2.77. The normalized spacial score (nSPS) is 11.2. The van der Waals surface area contributed by atoms with Crippen molar-refractivity contribution in [1.82, 2.24) is 0 Å². The molecule has 0 saturated carbocycles. The molecule has 59 heavy (non-hydrogen) atoms. The van der Waals surface area contributed by atoms with Crippen LogP contribution >= 0.6 is 0 Å². The summed E-state index contributed by atoms with van der Waals surface area (Å²) in [6, 6.07) is 26.1. The van der Waals surface area contributed by atoms with E-state index in [2.05, 4.69) is 24.1 Å². The van der Waals surface area contributed by atoms with Crippen LogP contribution in [0.1, 0.15) is 169 Å². The molecule has 0 bridgehead atoms. The number of rotatable bonds is 30. The number of benzene rings is 4. The number of carbonyl (C=O) groups is 2. The van der Waals surface area contributed by atoms with Gasteiger partial charge in [0.1, 0.15) is 22.9 Å². The van der Waals surface area contributed by atoms with Crippen molar-refractivity contribution in [2.45, 2.75) is 149 Å². The molecule has 8 nitrogen and oxygen atoms in total. The summed E-state index contributed by atoms with van der Waals surface area (Å²) in [6.07, 6.45) is 25.4. The summed E-state index contributed by atoms with van der Waals surface area (Å²) < 4.78 is 23.4. The van der Waals surface area contributed by atoms with E-state index in [0.29, 0.717) is 47.2 Å². The Bertz CT molecular complexity index is 1790. The first kappa shape index (κ1) is 46.7. The second kappa shape index (κ2) is 28.4. The Morgan fingerprint density at radius 2 is 0.847 bits per heavy atom. The molecule has 0 aliphatic rings. The fourth-order valence-corrected chi connectivity index (χ4v) is 6.70. The van der Waals surface area contributed by atoms with Gasteiger partial charge in [0.05, 0.1) is 30.0 Å². The molecule has 4 aromatic rings. The molecule has 0 N–H and O–H groups in total. The highest BCUT2D eigenvalue weighted by Crippen LogP contribution is 2.34. The van der Waals surface area contributed by atoms with Gasteiger partial charge >= 0.3 is 11.9 Å². The van der Waals surface area contributed by atoms with Crippen LogP contribution in [0.25, 0.3) is 0 Å². The molecule has 0 heterocycles. The van der Waals surface area contributed by atoms with Crippen LogP contribution in [0.5, 0.6) is 23.0 Å². The molecule has 4 rings (SSSR count). The number of nitrogens with zero attached hydrogens (tertiary/aromatic N) is 2. The number of hydrogen-bond acceptors (Lipinski definition) is 8. The molecule has 0 aromatic heterocycles. The molecule has 0 unspecified atom stereocenters. The summed E-state index contributed by atoms with van der Waals surface area (Å²) >= 11 is 0. The van der Waals surface area contributed by atoms with E-state index in [1.165, 1.54) is 109 Å². The number of aryl methyl sites for hydroxylation is 1. The first-order valence-electron chi connectivity index (χ1n) is 22.5. The molecular weight excluding hydrogens is 737 g/mol. The van der Waals surface area contributed by atoms with Gasteiger partial charge in [-0.1, -0.05) is 147 Å². The van der Waals surface area contributed by atoms with E-state index in [-0.39, 0.29) is 11.5 Å². The minimum Gasteiger partial charge on any atom is -0.494 e. The minimum atomic E-state index is -0.588. The zero-order valence-electron chi connectivity index (χ0n) is 36.1. The van der Waals surface area contributed by atoms with Crippen LogP contribution in [0, 0.1) is 6.92 Å². The fourth-order valence-electron chi connectivity index (χ4n) is 6.70.